The number of nitrogens with two attached hydrogens (primary N) is 1. The average Bonchev–Trinajstić information content (AvgIpc) is 2.59. The van der Waals surface area contributed by atoms with E-state index in [1.807, 2.05) is 0 Å². The Labute approximate surface area is 103 Å². The maximum Gasteiger partial charge on any atom is 0.137 e. The fourth-order valence-corrected chi connectivity index (χ4v) is 3.26. The van der Waals surface area contributed by atoms with Gasteiger partial charge in [-0.25, -0.2) is 0 Å². The van der Waals surface area contributed by atoms with Crippen LogP contribution in [0.5, 0.6) is 0 Å². The first-order valence-corrected chi connectivity index (χ1v) is 7.04. The standard InChI is InChI=1S/C13H22N4/c14-11-7-4-3-6-10(11)13-16-15-12-8-2-1-5-9-17(12)13/h10-11H,1-9,14H2. The fourth-order valence-electron chi connectivity index (χ4n) is 3.26. The summed E-state index contributed by atoms with van der Waals surface area (Å²) in [5.74, 6) is 2.81. The number of hydrogen-bond acceptors (Lipinski definition) is 3. The van der Waals surface area contributed by atoms with Crippen molar-refractivity contribution >= 4 is 0 Å². The molecule has 1 aromatic rings. The van der Waals surface area contributed by atoms with E-state index in [0.29, 0.717) is 12.0 Å². The number of nitrogens with zero attached hydrogens (tertiary/aromatic N) is 3. The van der Waals surface area contributed by atoms with Gasteiger partial charge in [-0.3, -0.25) is 0 Å². The van der Waals surface area contributed by atoms with Gasteiger partial charge in [0.25, 0.3) is 0 Å². The Morgan fingerprint density at radius 1 is 1.00 bits per heavy atom. The lowest BCUT2D eigenvalue weighted by atomic mass is 9.84. The largest absolute Gasteiger partial charge is 0.327 e. The predicted octanol–water partition coefficient (Wildman–Crippen LogP) is 1.99. The molecule has 0 saturated heterocycles. The molecule has 1 aliphatic carbocycles. The molecule has 2 aliphatic rings. The van der Waals surface area contributed by atoms with Crippen molar-refractivity contribution in [2.75, 3.05) is 0 Å². The van der Waals surface area contributed by atoms with Crippen LogP contribution in [-0.4, -0.2) is 20.8 Å². The van der Waals surface area contributed by atoms with Gasteiger partial charge in [0, 0.05) is 24.9 Å². The van der Waals surface area contributed by atoms with E-state index in [0.717, 1.165) is 19.4 Å². The van der Waals surface area contributed by atoms with Crippen LogP contribution in [0.2, 0.25) is 0 Å². The van der Waals surface area contributed by atoms with Gasteiger partial charge in [-0.05, 0) is 25.7 Å². The van der Waals surface area contributed by atoms with Gasteiger partial charge >= 0.3 is 0 Å². The van der Waals surface area contributed by atoms with Crippen LogP contribution < -0.4 is 5.73 Å². The second-order valence-corrected chi connectivity index (χ2v) is 5.49. The summed E-state index contributed by atoms with van der Waals surface area (Å²) < 4.78 is 2.36. The summed E-state index contributed by atoms with van der Waals surface area (Å²) in [7, 11) is 0. The highest BCUT2D eigenvalue weighted by atomic mass is 15.3. The average molecular weight is 234 g/mol. The summed E-state index contributed by atoms with van der Waals surface area (Å²) >= 11 is 0. The topological polar surface area (TPSA) is 56.7 Å². The summed E-state index contributed by atoms with van der Waals surface area (Å²) in [6, 6.07) is 0.292. The molecule has 0 radical (unpaired) electrons. The number of aromatic nitrogens is 3. The molecule has 94 valence electrons. The SMILES string of the molecule is NC1CCCCC1c1nnc2n1CCCCC2. The van der Waals surface area contributed by atoms with Crippen LogP contribution in [0, 0.1) is 0 Å². The zero-order chi connectivity index (χ0) is 11.7. The zero-order valence-electron chi connectivity index (χ0n) is 10.4. The smallest absolute Gasteiger partial charge is 0.137 e. The first kappa shape index (κ1) is 11.2. The number of aryl methyl sites for hydroxylation is 1. The molecule has 2 heterocycles. The van der Waals surface area contributed by atoms with Crippen molar-refractivity contribution in [1.82, 2.24) is 14.8 Å². The summed E-state index contributed by atoms with van der Waals surface area (Å²) in [5, 5.41) is 8.83. The minimum absolute atomic E-state index is 0.292. The zero-order valence-corrected chi connectivity index (χ0v) is 10.4. The maximum absolute atomic E-state index is 6.26. The third kappa shape index (κ3) is 2.10. The van der Waals surface area contributed by atoms with Crippen molar-refractivity contribution in [3.05, 3.63) is 11.6 Å². The summed E-state index contributed by atoms with van der Waals surface area (Å²) in [5.41, 5.74) is 6.26. The highest BCUT2D eigenvalue weighted by molar-refractivity contribution is 5.07. The number of rotatable bonds is 1. The minimum Gasteiger partial charge on any atom is -0.327 e. The first-order chi connectivity index (χ1) is 8.36. The molecule has 0 amide bonds. The normalized spacial score (nSPS) is 29.7. The minimum atomic E-state index is 0.292. The molecular formula is C13H22N4. The van der Waals surface area contributed by atoms with Crippen molar-refractivity contribution < 1.29 is 0 Å². The Balaban J connectivity index is 1.89. The Kier molecular flexibility index (Phi) is 3.14. The van der Waals surface area contributed by atoms with Crippen LogP contribution >= 0.6 is 0 Å². The molecule has 0 bridgehead atoms. The van der Waals surface area contributed by atoms with Crippen molar-refractivity contribution in [3.8, 4) is 0 Å². The van der Waals surface area contributed by atoms with Gasteiger partial charge in [-0.1, -0.05) is 19.3 Å². The van der Waals surface area contributed by atoms with Crippen LogP contribution in [0.1, 0.15) is 62.5 Å². The number of fused-ring (bicyclic) bond motifs is 1. The molecule has 2 unspecified atom stereocenters. The van der Waals surface area contributed by atoms with Crippen molar-refractivity contribution in [1.29, 1.82) is 0 Å². The monoisotopic (exact) mass is 234 g/mol. The van der Waals surface area contributed by atoms with Gasteiger partial charge in [-0.15, -0.1) is 10.2 Å². The van der Waals surface area contributed by atoms with E-state index in [-0.39, 0.29) is 0 Å². The first-order valence-electron chi connectivity index (χ1n) is 7.04. The van der Waals surface area contributed by atoms with Crippen LogP contribution in [0.4, 0.5) is 0 Å². The lowest BCUT2D eigenvalue weighted by molar-refractivity contribution is 0.362. The molecule has 1 saturated carbocycles. The van der Waals surface area contributed by atoms with Gasteiger partial charge in [0.1, 0.15) is 11.6 Å². The molecule has 4 nitrogen and oxygen atoms in total. The van der Waals surface area contributed by atoms with Gasteiger partial charge in [0.05, 0.1) is 0 Å². The molecule has 2 atom stereocenters. The van der Waals surface area contributed by atoms with Crippen molar-refractivity contribution in [2.45, 2.75) is 69.9 Å². The van der Waals surface area contributed by atoms with Crippen LogP contribution in [0.3, 0.4) is 0 Å². The molecule has 1 fully saturated rings. The molecule has 4 heteroatoms. The Morgan fingerprint density at radius 2 is 1.88 bits per heavy atom. The lowest BCUT2D eigenvalue weighted by Gasteiger charge is -2.28. The van der Waals surface area contributed by atoms with E-state index in [9.17, 15) is 0 Å². The van der Waals surface area contributed by atoms with Gasteiger partial charge in [-0.2, -0.15) is 0 Å². The van der Waals surface area contributed by atoms with Crippen LogP contribution in [-0.2, 0) is 13.0 Å². The highest BCUT2D eigenvalue weighted by Crippen LogP contribution is 2.32. The predicted molar refractivity (Wildman–Crippen MR) is 66.8 cm³/mol. The third-order valence-corrected chi connectivity index (χ3v) is 4.29. The molecule has 0 aromatic carbocycles. The molecular weight excluding hydrogens is 212 g/mol. The lowest BCUT2D eigenvalue weighted by Crippen LogP contribution is -2.33. The molecule has 1 aromatic heterocycles. The molecule has 1 aliphatic heterocycles. The molecule has 0 spiro atoms. The Hall–Kier alpha value is -0.900. The van der Waals surface area contributed by atoms with E-state index in [1.165, 1.54) is 50.2 Å². The maximum atomic E-state index is 6.26. The van der Waals surface area contributed by atoms with E-state index in [1.54, 1.807) is 0 Å². The Morgan fingerprint density at radius 3 is 2.76 bits per heavy atom. The van der Waals surface area contributed by atoms with Crippen LogP contribution in [0.25, 0.3) is 0 Å². The number of hydrogen-bond donors (Lipinski definition) is 1. The third-order valence-electron chi connectivity index (χ3n) is 4.29. The summed E-state index contributed by atoms with van der Waals surface area (Å²) in [6.45, 7) is 1.10. The van der Waals surface area contributed by atoms with Crippen molar-refractivity contribution in [3.63, 3.8) is 0 Å². The molecule has 3 rings (SSSR count). The van der Waals surface area contributed by atoms with Crippen molar-refractivity contribution in [2.24, 2.45) is 5.73 Å². The van der Waals surface area contributed by atoms with Gasteiger partial charge in [0.15, 0.2) is 0 Å². The summed E-state index contributed by atoms with van der Waals surface area (Å²) in [4.78, 5) is 0. The van der Waals surface area contributed by atoms with E-state index < -0.39 is 0 Å². The fraction of sp³-hybridized carbons (Fsp3) is 0.846. The van der Waals surface area contributed by atoms with E-state index in [4.69, 9.17) is 5.73 Å². The molecule has 2 N–H and O–H groups in total. The van der Waals surface area contributed by atoms with Crippen LogP contribution in [0.15, 0.2) is 0 Å². The van der Waals surface area contributed by atoms with E-state index >= 15 is 0 Å². The highest BCUT2D eigenvalue weighted by Gasteiger charge is 2.29. The quantitative estimate of drug-likeness (QED) is 0.808. The summed E-state index contributed by atoms with van der Waals surface area (Å²) in [6.07, 6.45) is 9.84. The van der Waals surface area contributed by atoms with Gasteiger partial charge < -0.3 is 10.3 Å². The van der Waals surface area contributed by atoms with Gasteiger partial charge in [0.2, 0.25) is 0 Å². The van der Waals surface area contributed by atoms with E-state index in [2.05, 4.69) is 14.8 Å². The molecule has 17 heavy (non-hydrogen) atoms. The second-order valence-electron chi connectivity index (χ2n) is 5.49. The Bertz CT molecular complexity index is 385. The second kappa shape index (κ2) is 4.77.